The molecule has 0 saturated carbocycles. The Labute approximate surface area is 86.3 Å². The lowest BCUT2D eigenvalue weighted by molar-refractivity contribution is 0.255. The van der Waals surface area contributed by atoms with E-state index in [9.17, 15) is 0 Å². The Kier molecular flexibility index (Phi) is 5.47. The Balaban J connectivity index is 3.85. The van der Waals surface area contributed by atoms with Crippen LogP contribution < -0.4 is 0 Å². The van der Waals surface area contributed by atoms with Gasteiger partial charge in [0.25, 0.3) is 0 Å². The Morgan fingerprint density at radius 2 is 1.67 bits per heavy atom. The molecule has 0 aliphatic carbocycles. The molecule has 0 saturated heterocycles. The van der Waals surface area contributed by atoms with Gasteiger partial charge in [0.05, 0.1) is 0 Å². The van der Waals surface area contributed by atoms with Gasteiger partial charge < -0.3 is 0 Å². The highest BCUT2D eigenvalue weighted by molar-refractivity contribution is 9.09. The summed E-state index contributed by atoms with van der Waals surface area (Å²) >= 11 is 3.62. The zero-order valence-corrected chi connectivity index (χ0v) is 10.7. The van der Waals surface area contributed by atoms with Crippen LogP contribution in [0, 0.1) is 11.3 Å². The summed E-state index contributed by atoms with van der Waals surface area (Å²) in [5, 5.41) is 0. The van der Waals surface area contributed by atoms with Gasteiger partial charge in [-0.05, 0) is 24.2 Å². The van der Waals surface area contributed by atoms with E-state index in [1.165, 1.54) is 19.3 Å². The Hall–Kier alpha value is 0.480. The first-order valence-electron chi connectivity index (χ1n) is 5.01. The van der Waals surface area contributed by atoms with Gasteiger partial charge in [0.2, 0.25) is 0 Å². The molecular formula is C11H23Br. The van der Waals surface area contributed by atoms with Gasteiger partial charge in [-0.15, -0.1) is 0 Å². The lowest BCUT2D eigenvalue weighted by Gasteiger charge is -2.28. The predicted octanol–water partition coefficient (Wildman–Crippen LogP) is 4.62. The van der Waals surface area contributed by atoms with Gasteiger partial charge in [0.15, 0.2) is 0 Å². The van der Waals surface area contributed by atoms with Gasteiger partial charge in [0.1, 0.15) is 0 Å². The summed E-state index contributed by atoms with van der Waals surface area (Å²) < 4.78 is 0. The number of hydrogen-bond donors (Lipinski definition) is 0. The zero-order valence-electron chi connectivity index (χ0n) is 9.15. The third kappa shape index (κ3) is 6.05. The lowest BCUT2D eigenvalue weighted by atomic mass is 9.79. The molecule has 0 nitrogen and oxygen atoms in total. The molecule has 0 aromatic carbocycles. The van der Waals surface area contributed by atoms with Gasteiger partial charge in [-0.2, -0.15) is 0 Å². The molecule has 2 atom stereocenters. The highest BCUT2D eigenvalue weighted by Crippen LogP contribution is 2.33. The van der Waals surface area contributed by atoms with Gasteiger partial charge in [-0.25, -0.2) is 0 Å². The van der Waals surface area contributed by atoms with E-state index in [-0.39, 0.29) is 0 Å². The number of hydrogen-bond acceptors (Lipinski definition) is 0. The first kappa shape index (κ1) is 12.5. The molecule has 0 amide bonds. The summed E-state index contributed by atoms with van der Waals surface area (Å²) in [6.07, 6.45) is 3.93. The van der Waals surface area contributed by atoms with Crippen molar-refractivity contribution in [2.75, 3.05) is 0 Å². The van der Waals surface area contributed by atoms with Crippen LogP contribution >= 0.6 is 15.9 Å². The van der Waals surface area contributed by atoms with E-state index in [2.05, 4.69) is 50.5 Å². The topological polar surface area (TPSA) is 0 Å². The van der Waals surface area contributed by atoms with E-state index in [1.54, 1.807) is 0 Å². The Morgan fingerprint density at radius 3 is 2.00 bits per heavy atom. The summed E-state index contributed by atoms with van der Waals surface area (Å²) in [5.74, 6) is 0.867. The van der Waals surface area contributed by atoms with Crippen molar-refractivity contribution < 1.29 is 0 Å². The second-order valence-electron chi connectivity index (χ2n) is 4.87. The van der Waals surface area contributed by atoms with E-state index in [0.717, 1.165) is 5.92 Å². The van der Waals surface area contributed by atoms with Crippen LogP contribution in [-0.4, -0.2) is 4.83 Å². The van der Waals surface area contributed by atoms with Crippen LogP contribution in [0.25, 0.3) is 0 Å². The van der Waals surface area contributed by atoms with E-state index >= 15 is 0 Å². The van der Waals surface area contributed by atoms with Crippen LogP contribution in [0.2, 0.25) is 0 Å². The van der Waals surface area contributed by atoms with Crippen molar-refractivity contribution in [3.8, 4) is 0 Å². The maximum Gasteiger partial charge on any atom is 0.0122 e. The monoisotopic (exact) mass is 234 g/mol. The number of alkyl halides is 1. The molecule has 0 aliphatic rings. The maximum absolute atomic E-state index is 3.62. The van der Waals surface area contributed by atoms with Crippen molar-refractivity contribution in [2.45, 2.75) is 58.7 Å². The molecule has 2 unspecified atom stereocenters. The molecule has 0 N–H and O–H groups in total. The minimum atomic E-state index is 0.498. The Bertz CT molecular complexity index is 116. The average molecular weight is 235 g/mol. The molecule has 0 fully saturated rings. The van der Waals surface area contributed by atoms with Crippen molar-refractivity contribution in [2.24, 2.45) is 11.3 Å². The van der Waals surface area contributed by atoms with Crippen molar-refractivity contribution in [1.29, 1.82) is 0 Å². The molecule has 0 heterocycles. The summed E-state index contributed by atoms with van der Waals surface area (Å²) in [6, 6.07) is 0. The standard InChI is InChI=1S/C11H23Br/c1-6-9(2)7-11(4,5)8-10(3)12/h9-10H,6-8H2,1-5H3. The van der Waals surface area contributed by atoms with Crippen LogP contribution in [0.1, 0.15) is 53.9 Å². The van der Waals surface area contributed by atoms with Gasteiger partial charge in [-0.3, -0.25) is 0 Å². The molecular weight excluding hydrogens is 212 g/mol. The maximum atomic E-state index is 3.62. The smallest absolute Gasteiger partial charge is 0.0122 e. The van der Waals surface area contributed by atoms with Crippen LogP contribution in [-0.2, 0) is 0 Å². The summed E-state index contributed by atoms with van der Waals surface area (Å²) in [4.78, 5) is 0.650. The third-order valence-electron chi connectivity index (χ3n) is 2.43. The normalized spacial score (nSPS) is 17.5. The third-order valence-corrected chi connectivity index (χ3v) is 2.76. The first-order valence-corrected chi connectivity index (χ1v) is 5.93. The minimum Gasteiger partial charge on any atom is -0.0893 e. The molecule has 0 spiro atoms. The van der Waals surface area contributed by atoms with Gasteiger partial charge in [0, 0.05) is 4.83 Å². The predicted molar refractivity (Wildman–Crippen MR) is 60.9 cm³/mol. The van der Waals surface area contributed by atoms with Crippen molar-refractivity contribution in [3.63, 3.8) is 0 Å². The number of rotatable bonds is 5. The van der Waals surface area contributed by atoms with Gasteiger partial charge in [-0.1, -0.05) is 57.0 Å². The fraction of sp³-hybridized carbons (Fsp3) is 1.00. The fourth-order valence-corrected chi connectivity index (χ4v) is 2.81. The zero-order chi connectivity index (χ0) is 9.78. The van der Waals surface area contributed by atoms with Crippen molar-refractivity contribution in [1.82, 2.24) is 0 Å². The second-order valence-corrected chi connectivity index (χ2v) is 6.43. The Morgan fingerprint density at radius 1 is 1.17 bits per heavy atom. The summed E-state index contributed by atoms with van der Waals surface area (Å²) in [6.45, 7) is 11.6. The quantitative estimate of drug-likeness (QED) is 0.610. The molecule has 0 aromatic heterocycles. The lowest BCUT2D eigenvalue weighted by Crippen LogP contribution is -2.18. The molecule has 12 heavy (non-hydrogen) atoms. The van der Waals surface area contributed by atoms with E-state index in [4.69, 9.17) is 0 Å². The molecule has 0 aromatic rings. The highest BCUT2D eigenvalue weighted by Gasteiger charge is 2.21. The fourth-order valence-electron chi connectivity index (χ4n) is 1.93. The van der Waals surface area contributed by atoms with E-state index in [1.807, 2.05) is 0 Å². The average Bonchev–Trinajstić information content (AvgIpc) is 1.83. The molecule has 0 rings (SSSR count). The van der Waals surface area contributed by atoms with Crippen LogP contribution in [0.5, 0.6) is 0 Å². The summed E-state index contributed by atoms with van der Waals surface area (Å²) in [5.41, 5.74) is 0.498. The molecule has 0 aliphatic heterocycles. The van der Waals surface area contributed by atoms with E-state index < -0.39 is 0 Å². The highest BCUT2D eigenvalue weighted by atomic mass is 79.9. The largest absolute Gasteiger partial charge is 0.0893 e. The van der Waals surface area contributed by atoms with Crippen molar-refractivity contribution in [3.05, 3.63) is 0 Å². The van der Waals surface area contributed by atoms with Crippen LogP contribution in [0.3, 0.4) is 0 Å². The van der Waals surface area contributed by atoms with Crippen molar-refractivity contribution >= 4 is 15.9 Å². The SMILES string of the molecule is CCC(C)CC(C)(C)CC(C)Br. The number of halogens is 1. The molecule has 0 radical (unpaired) electrons. The van der Waals surface area contributed by atoms with Crippen LogP contribution in [0.15, 0.2) is 0 Å². The molecule has 1 heteroatoms. The second kappa shape index (κ2) is 5.26. The molecule has 74 valence electrons. The summed E-state index contributed by atoms with van der Waals surface area (Å²) in [7, 11) is 0. The molecule has 0 bridgehead atoms. The van der Waals surface area contributed by atoms with E-state index in [0.29, 0.717) is 10.2 Å². The van der Waals surface area contributed by atoms with Crippen LogP contribution in [0.4, 0.5) is 0 Å². The van der Waals surface area contributed by atoms with Gasteiger partial charge >= 0.3 is 0 Å². The first-order chi connectivity index (χ1) is 5.37. The minimum absolute atomic E-state index is 0.498.